The Bertz CT molecular complexity index is 660. The van der Waals surface area contributed by atoms with Gasteiger partial charge in [0.2, 0.25) is 0 Å². The minimum Gasteiger partial charge on any atom is -0.362 e. The predicted octanol–water partition coefficient (Wildman–Crippen LogP) is 3.76. The molecule has 0 aromatic carbocycles. The molecule has 0 saturated carbocycles. The topological polar surface area (TPSA) is 50.7 Å². The second-order valence-corrected chi connectivity index (χ2v) is 5.70. The van der Waals surface area contributed by atoms with Crippen molar-refractivity contribution in [2.24, 2.45) is 0 Å². The van der Waals surface area contributed by atoms with Crippen LogP contribution in [0.25, 0.3) is 21.3 Å². The molecule has 0 aliphatic carbocycles. The van der Waals surface area contributed by atoms with Crippen LogP contribution in [0.4, 0.5) is 5.13 Å². The molecule has 3 heterocycles. The minimum atomic E-state index is 0.884. The van der Waals surface area contributed by atoms with Crippen molar-refractivity contribution in [3.05, 3.63) is 36.0 Å². The van der Waals surface area contributed by atoms with Crippen LogP contribution in [0.5, 0.6) is 0 Å². The fraction of sp³-hybridized carbons (Fsp3) is 0.154. The molecule has 0 aliphatic heterocycles. The van der Waals surface area contributed by atoms with Crippen LogP contribution >= 0.6 is 22.7 Å². The first-order valence-corrected chi connectivity index (χ1v) is 7.63. The summed E-state index contributed by atoms with van der Waals surface area (Å²) in [5.41, 5.74) is 1.88. The Balaban J connectivity index is 1.88. The Hall–Kier alpha value is -1.79. The standard InChI is InChI=1S/C13H12N4S2/c1-2-14-13-17-10(8-18-13)11-7-16-12(19-11)9-5-3-4-6-15-9/h3-8H,2H2,1H3,(H,14,17). The summed E-state index contributed by atoms with van der Waals surface area (Å²) in [6, 6.07) is 5.84. The summed E-state index contributed by atoms with van der Waals surface area (Å²) < 4.78 is 0. The second-order valence-electron chi connectivity index (χ2n) is 3.81. The predicted molar refractivity (Wildman–Crippen MR) is 80.6 cm³/mol. The highest BCUT2D eigenvalue weighted by molar-refractivity contribution is 7.19. The van der Waals surface area contributed by atoms with E-state index < -0.39 is 0 Å². The van der Waals surface area contributed by atoms with E-state index in [-0.39, 0.29) is 0 Å². The Morgan fingerprint density at radius 1 is 1.21 bits per heavy atom. The SMILES string of the molecule is CCNc1nc(-c2cnc(-c3ccccn3)s2)cs1. The molecule has 0 radical (unpaired) electrons. The van der Waals surface area contributed by atoms with Gasteiger partial charge in [0.15, 0.2) is 5.13 Å². The minimum absolute atomic E-state index is 0.884. The van der Waals surface area contributed by atoms with Crippen LogP contribution in [-0.4, -0.2) is 21.5 Å². The quantitative estimate of drug-likeness (QED) is 0.794. The molecule has 0 fully saturated rings. The van der Waals surface area contributed by atoms with E-state index in [0.717, 1.165) is 32.9 Å². The number of aromatic nitrogens is 3. The van der Waals surface area contributed by atoms with E-state index in [1.165, 1.54) is 0 Å². The molecule has 0 saturated heterocycles. The van der Waals surface area contributed by atoms with Crippen LogP contribution in [0.3, 0.4) is 0 Å². The number of nitrogens with zero attached hydrogens (tertiary/aromatic N) is 3. The molecule has 3 rings (SSSR count). The number of rotatable bonds is 4. The summed E-state index contributed by atoms with van der Waals surface area (Å²) in [6.45, 7) is 2.95. The third-order valence-corrected chi connectivity index (χ3v) is 4.32. The molecule has 1 N–H and O–H groups in total. The molecule has 4 nitrogen and oxygen atoms in total. The van der Waals surface area contributed by atoms with Crippen LogP contribution < -0.4 is 5.32 Å². The van der Waals surface area contributed by atoms with Gasteiger partial charge < -0.3 is 5.32 Å². The molecule has 3 aromatic rings. The average Bonchev–Trinajstić information content (AvgIpc) is 3.08. The lowest BCUT2D eigenvalue weighted by Gasteiger charge is -1.94. The van der Waals surface area contributed by atoms with E-state index in [1.807, 2.05) is 29.8 Å². The van der Waals surface area contributed by atoms with Crippen molar-refractivity contribution in [1.82, 2.24) is 15.0 Å². The molecule has 0 unspecified atom stereocenters. The average molecular weight is 288 g/mol. The van der Waals surface area contributed by atoms with Crippen molar-refractivity contribution < 1.29 is 0 Å². The maximum absolute atomic E-state index is 4.53. The number of pyridine rings is 1. The molecule has 0 aliphatic rings. The fourth-order valence-electron chi connectivity index (χ4n) is 1.62. The van der Waals surface area contributed by atoms with Crippen LogP contribution in [-0.2, 0) is 0 Å². The molecule has 3 aromatic heterocycles. The molecule has 0 amide bonds. The number of anilines is 1. The van der Waals surface area contributed by atoms with Gasteiger partial charge in [0.05, 0.1) is 16.3 Å². The van der Waals surface area contributed by atoms with Gasteiger partial charge in [-0.2, -0.15) is 0 Å². The zero-order valence-corrected chi connectivity index (χ0v) is 12.0. The summed E-state index contributed by atoms with van der Waals surface area (Å²) in [6.07, 6.45) is 3.64. The molecule has 96 valence electrons. The van der Waals surface area contributed by atoms with Crippen molar-refractivity contribution in [3.8, 4) is 21.3 Å². The highest BCUT2D eigenvalue weighted by Crippen LogP contribution is 2.32. The summed E-state index contributed by atoms with van der Waals surface area (Å²) >= 11 is 3.23. The third kappa shape index (κ3) is 2.64. The van der Waals surface area contributed by atoms with Gasteiger partial charge >= 0.3 is 0 Å². The first kappa shape index (κ1) is 12.3. The van der Waals surface area contributed by atoms with Crippen molar-refractivity contribution >= 4 is 27.8 Å². The van der Waals surface area contributed by atoms with Gasteiger partial charge in [-0.15, -0.1) is 22.7 Å². The van der Waals surface area contributed by atoms with E-state index in [2.05, 4.69) is 27.2 Å². The van der Waals surface area contributed by atoms with Crippen molar-refractivity contribution in [2.75, 3.05) is 11.9 Å². The van der Waals surface area contributed by atoms with Crippen molar-refractivity contribution in [1.29, 1.82) is 0 Å². The van der Waals surface area contributed by atoms with Crippen LogP contribution in [0.15, 0.2) is 36.0 Å². The number of thiazole rings is 2. The lowest BCUT2D eigenvalue weighted by atomic mass is 10.4. The summed E-state index contributed by atoms with van der Waals surface area (Å²) in [4.78, 5) is 14.3. The van der Waals surface area contributed by atoms with Gasteiger partial charge in [-0.1, -0.05) is 6.07 Å². The molecular weight excluding hydrogens is 276 g/mol. The van der Waals surface area contributed by atoms with Crippen molar-refractivity contribution in [3.63, 3.8) is 0 Å². The largest absolute Gasteiger partial charge is 0.362 e. The molecule has 0 spiro atoms. The Labute approximate surface area is 119 Å². The highest BCUT2D eigenvalue weighted by Gasteiger charge is 2.10. The van der Waals surface area contributed by atoms with Crippen molar-refractivity contribution in [2.45, 2.75) is 6.92 Å². The number of hydrogen-bond acceptors (Lipinski definition) is 6. The molecule has 0 atom stereocenters. The molecule has 19 heavy (non-hydrogen) atoms. The zero-order valence-electron chi connectivity index (χ0n) is 10.3. The number of hydrogen-bond donors (Lipinski definition) is 1. The Morgan fingerprint density at radius 3 is 2.95 bits per heavy atom. The van der Waals surface area contributed by atoms with Crippen LogP contribution in [0.1, 0.15) is 6.92 Å². The fourth-order valence-corrected chi connectivity index (χ4v) is 3.33. The molecule has 0 bridgehead atoms. The lowest BCUT2D eigenvalue weighted by molar-refractivity contribution is 1.19. The lowest BCUT2D eigenvalue weighted by Crippen LogP contribution is -1.94. The zero-order chi connectivity index (χ0) is 13.1. The first-order chi connectivity index (χ1) is 9.36. The van der Waals surface area contributed by atoms with Gasteiger partial charge in [0, 0.05) is 24.3 Å². The second kappa shape index (κ2) is 5.46. The van der Waals surface area contributed by atoms with E-state index in [1.54, 1.807) is 28.9 Å². The Morgan fingerprint density at radius 2 is 2.16 bits per heavy atom. The third-order valence-electron chi connectivity index (χ3n) is 2.47. The van der Waals surface area contributed by atoms with Gasteiger partial charge in [-0.25, -0.2) is 9.97 Å². The summed E-state index contributed by atoms with van der Waals surface area (Å²) in [5, 5.41) is 7.14. The van der Waals surface area contributed by atoms with Crippen LogP contribution in [0.2, 0.25) is 0 Å². The van der Waals surface area contributed by atoms with Gasteiger partial charge in [0.25, 0.3) is 0 Å². The van der Waals surface area contributed by atoms with E-state index in [0.29, 0.717) is 0 Å². The summed E-state index contributed by atoms with van der Waals surface area (Å²) in [7, 11) is 0. The maximum Gasteiger partial charge on any atom is 0.183 e. The van der Waals surface area contributed by atoms with E-state index in [9.17, 15) is 0 Å². The monoisotopic (exact) mass is 288 g/mol. The Kier molecular flexibility index (Phi) is 3.52. The normalized spacial score (nSPS) is 10.6. The molecular formula is C13H12N4S2. The maximum atomic E-state index is 4.53. The van der Waals surface area contributed by atoms with Crippen LogP contribution in [0, 0.1) is 0 Å². The first-order valence-electron chi connectivity index (χ1n) is 5.94. The van der Waals surface area contributed by atoms with E-state index in [4.69, 9.17) is 0 Å². The van der Waals surface area contributed by atoms with Gasteiger partial charge in [-0.3, -0.25) is 4.98 Å². The van der Waals surface area contributed by atoms with E-state index >= 15 is 0 Å². The molecule has 6 heteroatoms. The summed E-state index contributed by atoms with van der Waals surface area (Å²) in [5.74, 6) is 0. The smallest absolute Gasteiger partial charge is 0.183 e. The number of nitrogens with one attached hydrogen (secondary N) is 1. The highest BCUT2D eigenvalue weighted by atomic mass is 32.1. The van der Waals surface area contributed by atoms with Gasteiger partial charge in [0.1, 0.15) is 5.01 Å². The van der Waals surface area contributed by atoms with Gasteiger partial charge in [-0.05, 0) is 19.1 Å².